The lowest BCUT2D eigenvalue weighted by Crippen LogP contribution is -2.30. The quantitative estimate of drug-likeness (QED) is 0.0222. The lowest BCUT2D eigenvalue weighted by molar-refractivity contribution is -0.161. The minimum atomic E-state index is -4.95. The van der Waals surface area contributed by atoms with Crippen LogP contribution in [0.2, 0.25) is 0 Å². The number of phosphoric ester groups is 2. The molecule has 0 radical (unpaired) electrons. The molecule has 17 nitrogen and oxygen atoms in total. The molecule has 19 heteroatoms. The monoisotopic (exact) mass is 1350 g/mol. The van der Waals surface area contributed by atoms with Crippen LogP contribution in [-0.4, -0.2) is 96.7 Å². The van der Waals surface area contributed by atoms with Crippen LogP contribution < -0.4 is 0 Å². The first-order valence-corrected chi connectivity index (χ1v) is 41.0. The molecule has 0 rings (SSSR count). The minimum absolute atomic E-state index is 0.106. The van der Waals surface area contributed by atoms with Crippen LogP contribution in [0.4, 0.5) is 0 Å². The highest BCUT2D eigenvalue weighted by atomic mass is 31.2. The molecule has 0 saturated carbocycles. The molecular formula is C73H142O17P2. The smallest absolute Gasteiger partial charge is 0.462 e. The summed E-state index contributed by atoms with van der Waals surface area (Å²) in [5.41, 5.74) is 0. The summed E-state index contributed by atoms with van der Waals surface area (Å²) in [7, 11) is -9.90. The number of ether oxygens (including phenoxy) is 4. The second-order valence-corrected chi connectivity index (χ2v) is 30.0. The van der Waals surface area contributed by atoms with Crippen molar-refractivity contribution in [1.82, 2.24) is 0 Å². The average molecular weight is 1350 g/mol. The van der Waals surface area contributed by atoms with E-state index in [1.165, 1.54) is 186 Å². The van der Waals surface area contributed by atoms with E-state index in [0.29, 0.717) is 25.7 Å². The third kappa shape index (κ3) is 65.4. The Bertz CT molecular complexity index is 1790. The Morgan fingerprint density at radius 3 is 0.826 bits per heavy atom. The molecule has 0 saturated heterocycles. The number of rotatable bonds is 72. The van der Waals surface area contributed by atoms with Gasteiger partial charge in [0, 0.05) is 25.7 Å². The lowest BCUT2D eigenvalue weighted by Gasteiger charge is -2.21. The summed E-state index contributed by atoms with van der Waals surface area (Å²) in [5.74, 6) is -0.592. The summed E-state index contributed by atoms with van der Waals surface area (Å²) in [6, 6.07) is 0. The Labute approximate surface area is 562 Å². The number of hydrogen-bond donors (Lipinski definition) is 3. The fraction of sp³-hybridized carbons (Fsp3) is 0.945. The molecule has 0 aromatic carbocycles. The lowest BCUT2D eigenvalue weighted by atomic mass is 10.00. The van der Waals surface area contributed by atoms with Crippen LogP contribution in [0.1, 0.15) is 375 Å². The molecular weight excluding hydrogens is 1210 g/mol. The second kappa shape index (κ2) is 65.0. The van der Waals surface area contributed by atoms with Crippen molar-refractivity contribution in [2.24, 2.45) is 11.8 Å². The van der Waals surface area contributed by atoms with Gasteiger partial charge in [0.05, 0.1) is 26.4 Å². The van der Waals surface area contributed by atoms with Gasteiger partial charge >= 0.3 is 39.5 Å². The molecule has 0 aliphatic heterocycles. The van der Waals surface area contributed by atoms with Gasteiger partial charge in [0.1, 0.15) is 19.3 Å². The summed E-state index contributed by atoms with van der Waals surface area (Å²) < 4.78 is 68.4. The van der Waals surface area contributed by atoms with Crippen LogP contribution in [0.3, 0.4) is 0 Å². The van der Waals surface area contributed by atoms with E-state index in [1.807, 2.05) is 0 Å². The van der Waals surface area contributed by atoms with Gasteiger partial charge in [-0.3, -0.25) is 37.3 Å². The molecule has 546 valence electrons. The van der Waals surface area contributed by atoms with Crippen LogP contribution in [0.5, 0.6) is 0 Å². The topological polar surface area (TPSA) is 237 Å². The van der Waals surface area contributed by atoms with E-state index in [9.17, 15) is 43.2 Å². The van der Waals surface area contributed by atoms with Crippen LogP contribution >= 0.6 is 15.6 Å². The normalized spacial score (nSPS) is 14.4. The first kappa shape index (κ1) is 90.1. The Balaban J connectivity index is 5.25. The first-order chi connectivity index (χ1) is 44.4. The van der Waals surface area contributed by atoms with Gasteiger partial charge in [0.25, 0.3) is 0 Å². The zero-order valence-corrected chi connectivity index (χ0v) is 61.6. The molecule has 92 heavy (non-hydrogen) atoms. The van der Waals surface area contributed by atoms with E-state index in [2.05, 4.69) is 41.5 Å². The number of aliphatic hydroxyl groups excluding tert-OH is 1. The predicted octanol–water partition coefficient (Wildman–Crippen LogP) is 21.2. The van der Waals surface area contributed by atoms with Crippen LogP contribution in [0.15, 0.2) is 0 Å². The molecule has 0 aliphatic carbocycles. The standard InChI is InChI=1S/C73H142O17P2/c1-7-10-12-14-16-18-20-24-29-32-36-43-49-55-70(75)83-61-68(89-73(78)58-52-46-38-34-30-26-23-22-25-27-31-35-41-47-53-65(4)5)63-87-91(79,80)85-59-67(74)60-86-92(81,82)88-64-69(62-84-71(76)56-50-44-40-39-42-48-54-66(6)9-3)90-72(77)57-51-45-37-33-28-21-19-17-15-13-11-8-2/h65-69,74H,7-64H2,1-6H3,(H,79,80)(H,81,82)/t66?,67-,68-,69-/m1/s1. The van der Waals surface area contributed by atoms with E-state index in [0.717, 1.165) is 108 Å². The maximum absolute atomic E-state index is 13.1. The molecule has 0 aromatic rings. The molecule has 0 bridgehead atoms. The van der Waals surface area contributed by atoms with E-state index in [-0.39, 0.29) is 25.7 Å². The largest absolute Gasteiger partial charge is 0.472 e. The van der Waals surface area contributed by atoms with Crippen molar-refractivity contribution in [2.45, 2.75) is 394 Å². The molecule has 0 aliphatic rings. The average Bonchev–Trinajstić information content (AvgIpc) is 2.26. The first-order valence-electron chi connectivity index (χ1n) is 38.0. The van der Waals surface area contributed by atoms with Gasteiger partial charge in [-0.15, -0.1) is 0 Å². The van der Waals surface area contributed by atoms with E-state index < -0.39 is 97.5 Å². The summed E-state index contributed by atoms with van der Waals surface area (Å²) in [6.45, 7) is 9.56. The summed E-state index contributed by atoms with van der Waals surface area (Å²) in [4.78, 5) is 72.7. The van der Waals surface area contributed by atoms with Crippen LogP contribution in [0, 0.1) is 11.8 Å². The third-order valence-electron chi connectivity index (χ3n) is 17.3. The van der Waals surface area contributed by atoms with Crippen molar-refractivity contribution < 1.29 is 80.2 Å². The molecule has 0 heterocycles. The highest BCUT2D eigenvalue weighted by molar-refractivity contribution is 7.47. The fourth-order valence-electron chi connectivity index (χ4n) is 11.1. The zero-order valence-electron chi connectivity index (χ0n) is 59.9. The van der Waals surface area contributed by atoms with Gasteiger partial charge in [0.15, 0.2) is 12.2 Å². The molecule has 6 atom stereocenters. The van der Waals surface area contributed by atoms with E-state index >= 15 is 0 Å². The van der Waals surface area contributed by atoms with Gasteiger partial charge < -0.3 is 33.8 Å². The fourth-order valence-corrected chi connectivity index (χ4v) is 12.7. The van der Waals surface area contributed by atoms with Crippen LogP contribution in [0.25, 0.3) is 0 Å². The maximum Gasteiger partial charge on any atom is 0.472 e. The second-order valence-electron chi connectivity index (χ2n) is 27.1. The molecule has 0 amide bonds. The van der Waals surface area contributed by atoms with Gasteiger partial charge in [-0.1, -0.05) is 324 Å². The highest BCUT2D eigenvalue weighted by Crippen LogP contribution is 2.45. The van der Waals surface area contributed by atoms with Crippen molar-refractivity contribution in [3.8, 4) is 0 Å². The number of carbonyl (C=O) groups is 4. The van der Waals surface area contributed by atoms with Crippen LogP contribution in [-0.2, 0) is 65.4 Å². The van der Waals surface area contributed by atoms with Gasteiger partial charge in [-0.05, 0) is 37.5 Å². The SMILES string of the molecule is CCCCCCCCCCCCCCCC(=O)OC[C@H](COP(=O)(O)OC[C@@H](O)COP(=O)(O)OC[C@@H](COC(=O)CCCCCCCCC(C)CC)OC(=O)CCCCCCCCCCCCCC)OC(=O)CCCCCCCCCCCCCCCCC(C)C. The number of carbonyl (C=O) groups excluding carboxylic acids is 4. The molecule has 0 fully saturated rings. The third-order valence-corrected chi connectivity index (χ3v) is 19.2. The van der Waals surface area contributed by atoms with E-state index in [1.54, 1.807) is 0 Å². The van der Waals surface area contributed by atoms with Crippen molar-refractivity contribution in [1.29, 1.82) is 0 Å². The van der Waals surface area contributed by atoms with Crippen molar-refractivity contribution in [3.63, 3.8) is 0 Å². The molecule has 0 aromatic heterocycles. The summed E-state index contributed by atoms with van der Waals surface area (Å²) in [5, 5.41) is 10.6. The Kier molecular flexibility index (Phi) is 63.7. The number of aliphatic hydroxyl groups is 1. The minimum Gasteiger partial charge on any atom is -0.462 e. The van der Waals surface area contributed by atoms with Crippen molar-refractivity contribution in [3.05, 3.63) is 0 Å². The van der Waals surface area contributed by atoms with Crippen molar-refractivity contribution in [2.75, 3.05) is 39.6 Å². The Morgan fingerprint density at radius 2 is 0.554 bits per heavy atom. The van der Waals surface area contributed by atoms with E-state index in [4.69, 9.17) is 37.0 Å². The van der Waals surface area contributed by atoms with Gasteiger partial charge in [-0.25, -0.2) is 9.13 Å². The molecule has 0 spiro atoms. The number of phosphoric acid groups is 2. The molecule has 3 unspecified atom stereocenters. The summed E-state index contributed by atoms with van der Waals surface area (Å²) in [6.07, 6.45) is 51.2. The van der Waals surface area contributed by atoms with Gasteiger partial charge in [-0.2, -0.15) is 0 Å². The predicted molar refractivity (Wildman–Crippen MR) is 372 cm³/mol. The highest BCUT2D eigenvalue weighted by Gasteiger charge is 2.30. The maximum atomic E-state index is 13.1. The number of esters is 4. The molecule has 3 N–H and O–H groups in total. The number of hydrogen-bond acceptors (Lipinski definition) is 15. The Hall–Kier alpha value is -1.94. The summed E-state index contributed by atoms with van der Waals surface area (Å²) >= 11 is 0. The van der Waals surface area contributed by atoms with Crippen molar-refractivity contribution >= 4 is 39.5 Å². The zero-order chi connectivity index (χ0) is 67.9. The number of unbranched alkanes of at least 4 members (excludes halogenated alkanes) is 41. The van der Waals surface area contributed by atoms with Gasteiger partial charge in [0.2, 0.25) is 0 Å². The Morgan fingerprint density at radius 1 is 0.315 bits per heavy atom.